The summed E-state index contributed by atoms with van der Waals surface area (Å²) in [6.45, 7) is 11.1. The molecule has 1 aromatic carbocycles. The molecule has 1 heterocycles. The molecular formula is C20H29N3O3Si. The van der Waals surface area contributed by atoms with Crippen molar-refractivity contribution in [2.45, 2.75) is 51.4 Å². The van der Waals surface area contributed by atoms with Crippen molar-refractivity contribution < 1.29 is 14.0 Å². The van der Waals surface area contributed by atoms with Crippen molar-refractivity contribution in [1.29, 1.82) is 0 Å². The first-order valence-electron chi connectivity index (χ1n) is 9.11. The fraction of sp³-hybridized carbons (Fsp3) is 0.450. The van der Waals surface area contributed by atoms with Crippen LogP contribution in [-0.2, 0) is 9.22 Å². The predicted molar refractivity (Wildman–Crippen MR) is 110 cm³/mol. The van der Waals surface area contributed by atoms with Gasteiger partial charge in [0.25, 0.3) is 5.91 Å². The van der Waals surface area contributed by atoms with E-state index in [1.165, 1.54) is 0 Å². The van der Waals surface area contributed by atoms with Gasteiger partial charge in [0.1, 0.15) is 6.04 Å². The summed E-state index contributed by atoms with van der Waals surface area (Å²) in [6.07, 6.45) is 1.92. The first-order valence-corrected chi connectivity index (χ1v) is 12.0. The van der Waals surface area contributed by atoms with Crippen LogP contribution in [-0.4, -0.2) is 37.8 Å². The maximum Gasteiger partial charge on any atom is 0.252 e. The molecule has 0 aliphatic carbocycles. The highest BCUT2D eigenvalue weighted by Crippen LogP contribution is 2.36. The first-order chi connectivity index (χ1) is 12.5. The second kappa shape index (κ2) is 8.18. The van der Waals surface area contributed by atoms with Gasteiger partial charge in [-0.3, -0.25) is 14.6 Å². The van der Waals surface area contributed by atoms with E-state index in [1.807, 2.05) is 24.3 Å². The van der Waals surface area contributed by atoms with Crippen molar-refractivity contribution in [3.05, 3.63) is 42.1 Å². The van der Waals surface area contributed by atoms with Gasteiger partial charge in [-0.2, -0.15) is 0 Å². The molecule has 0 radical (unpaired) electrons. The van der Waals surface area contributed by atoms with Gasteiger partial charge in [0.15, 0.2) is 8.32 Å². The molecule has 7 heteroatoms. The zero-order valence-corrected chi connectivity index (χ0v) is 17.7. The Kier molecular flexibility index (Phi) is 6.38. The van der Waals surface area contributed by atoms with Crippen LogP contribution in [0.1, 0.15) is 37.6 Å². The van der Waals surface area contributed by atoms with Crippen molar-refractivity contribution in [2.75, 3.05) is 6.61 Å². The van der Waals surface area contributed by atoms with Crippen LogP contribution >= 0.6 is 0 Å². The highest BCUT2D eigenvalue weighted by atomic mass is 28.4. The fourth-order valence-corrected chi connectivity index (χ4v) is 3.53. The van der Waals surface area contributed by atoms with Crippen molar-refractivity contribution in [3.63, 3.8) is 0 Å². The van der Waals surface area contributed by atoms with Crippen LogP contribution in [0.2, 0.25) is 18.1 Å². The molecule has 1 atom stereocenters. The van der Waals surface area contributed by atoms with Gasteiger partial charge in [-0.1, -0.05) is 39.0 Å². The average molecular weight is 388 g/mol. The fourth-order valence-electron chi connectivity index (χ4n) is 2.46. The van der Waals surface area contributed by atoms with Crippen LogP contribution in [0.25, 0.3) is 10.9 Å². The van der Waals surface area contributed by atoms with Gasteiger partial charge in [0, 0.05) is 18.2 Å². The number of para-hydroxylation sites is 1. The van der Waals surface area contributed by atoms with Gasteiger partial charge >= 0.3 is 0 Å². The summed E-state index contributed by atoms with van der Waals surface area (Å²) >= 11 is 0. The van der Waals surface area contributed by atoms with Crippen molar-refractivity contribution in [2.24, 2.45) is 5.73 Å². The SMILES string of the molecule is CC(C)(C)[Si](C)(C)OCC[C@H](NC(=O)c1ccnc2ccccc12)C(N)=O. The number of hydrogen-bond donors (Lipinski definition) is 2. The second-order valence-electron chi connectivity index (χ2n) is 8.20. The molecule has 0 spiro atoms. The third-order valence-corrected chi connectivity index (χ3v) is 9.76. The molecule has 1 aromatic heterocycles. The number of amides is 2. The van der Waals surface area contributed by atoms with Crippen LogP contribution in [0.3, 0.4) is 0 Å². The molecule has 2 aromatic rings. The molecule has 2 rings (SSSR count). The molecule has 0 saturated carbocycles. The highest BCUT2D eigenvalue weighted by molar-refractivity contribution is 6.74. The molecule has 0 fully saturated rings. The van der Waals surface area contributed by atoms with E-state index in [-0.39, 0.29) is 10.9 Å². The number of nitrogens with one attached hydrogen (secondary N) is 1. The Morgan fingerprint density at radius 2 is 1.89 bits per heavy atom. The maximum absolute atomic E-state index is 12.7. The largest absolute Gasteiger partial charge is 0.417 e. The third kappa shape index (κ3) is 5.14. The minimum Gasteiger partial charge on any atom is -0.417 e. The summed E-state index contributed by atoms with van der Waals surface area (Å²) < 4.78 is 6.10. The van der Waals surface area contributed by atoms with E-state index in [1.54, 1.807) is 12.3 Å². The lowest BCUT2D eigenvalue weighted by Crippen LogP contribution is -2.47. The number of nitrogens with zero attached hydrogens (tertiary/aromatic N) is 1. The smallest absolute Gasteiger partial charge is 0.252 e. The lowest BCUT2D eigenvalue weighted by molar-refractivity contribution is -0.120. The van der Waals surface area contributed by atoms with E-state index in [9.17, 15) is 9.59 Å². The van der Waals surface area contributed by atoms with Gasteiger partial charge in [0.05, 0.1) is 11.1 Å². The predicted octanol–water partition coefficient (Wildman–Crippen LogP) is 3.23. The Hall–Kier alpha value is -2.25. The van der Waals surface area contributed by atoms with Crippen LogP contribution in [0.5, 0.6) is 0 Å². The number of aromatic nitrogens is 1. The molecule has 27 heavy (non-hydrogen) atoms. The zero-order valence-electron chi connectivity index (χ0n) is 16.7. The standard InChI is InChI=1S/C20H29N3O3Si/c1-20(2,3)27(4,5)26-13-11-17(18(21)24)23-19(25)15-10-12-22-16-9-7-6-8-14(15)16/h6-10,12,17H,11,13H2,1-5H3,(H2,21,24)(H,23,25)/t17-/m0/s1. The van der Waals surface area contributed by atoms with Gasteiger partial charge in [0.2, 0.25) is 5.91 Å². The van der Waals surface area contributed by atoms with Gasteiger partial charge in [-0.15, -0.1) is 0 Å². The Labute approximate surface area is 161 Å². The summed E-state index contributed by atoms with van der Waals surface area (Å²) in [5.74, 6) is -0.912. The molecule has 0 saturated heterocycles. The third-order valence-electron chi connectivity index (χ3n) is 5.22. The molecule has 6 nitrogen and oxygen atoms in total. The summed E-state index contributed by atoms with van der Waals surface area (Å²) in [4.78, 5) is 28.8. The Balaban J connectivity index is 2.07. The lowest BCUT2D eigenvalue weighted by atomic mass is 10.1. The summed E-state index contributed by atoms with van der Waals surface area (Å²) in [6, 6.07) is 8.24. The van der Waals surface area contributed by atoms with Crippen molar-refractivity contribution >= 4 is 31.0 Å². The highest BCUT2D eigenvalue weighted by Gasteiger charge is 2.37. The normalized spacial score (nSPS) is 13.4. The Bertz CT molecular complexity index is 825. The molecule has 0 aliphatic heterocycles. The molecule has 146 valence electrons. The van der Waals surface area contributed by atoms with Gasteiger partial charge in [-0.05, 0) is 36.7 Å². The Morgan fingerprint density at radius 1 is 1.22 bits per heavy atom. The topological polar surface area (TPSA) is 94.3 Å². The molecule has 0 aliphatic rings. The van der Waals surface area contributed by atoms with Crippen molar-refractivity contribution in [3.8, 4) is 0 Å². The number of rotatable bonds is 7. The molecule has 0 bridgehead atoms. The Morgan fingerprint density at radius 3 is 2.52 bits per heavy atom. The maximum atomic E-state index is 12.7. The number of fused-ring (bicyclic) bond motifs is 1. The number of benzene rings is 1. The minimum atomic E-state index is -1.92. The monoisotopic (exact) mass is 387 g/mol. The van der Waals surface area contributed by atoms with Crippen molar-refractivity contribution in [1.82, 2.24) is 10.3 Å². The number of pyridine rings is 1. The summed E-state index contributed by atoms with van der Waals surface area (Å²) in [5, 5.41) is 3.56. The van der Waals surface area contributed by atoms with Gasteiger partial charge in [-0.25, -0.2) is 0 Å². The number of primary amides is 1. The van der Waals surface area contributed by atoms with E-state index in [0.29, 0.717) is 18.6 Å². The number of hydrogen-bond acceptors (Lipinski definition) is 4. The number of carbonyl (C=O) groups excluding carboxylic acids is 2. The van der Waals surface area contributed by atoms with E-state index in [2.05, 4.69) is 44.2 Å². The van der Waals surface area contributed by atoms with Crippen LogP contribution in [0.4, 0.5) is 0 Å². The summed E-state index contributed by atoms with van der Waals surface area (Å²) in [7, 11) is -1.92. The van der Waals surface area contributed by atoms with E-state index in [4.69, 9.17) is 10.2 Å². The quantitative estimate of drug-likeness (QED) is 0.713. The second-order valence-corrected chi connectivity index (χ2v) is 13.0. The van der Waals surface area contributed by atoms with Crippen LogP contribution in [0, 0.1) is 0 Å². The average Bonchev–Trinajstić information content (AvgIpc) is 2.59. The summed E-state index contributed by atoms with van der Waals surface area (Å²) in [5.41, 5.74) is 6.69. The lowest BCUT2D eigenvalue weighted by Gasteiger charge is -2.36. The first kappa shape index (κ1) is 21.1. The molecule has 3 N–H and O–H groups in total. The number of nitrogens with two attached hydrogens (primary N) is 1. The van der Waals surface area contributed by atoms with Crippen LogP contribution in [0.15, 0.2) is 36.5 Å². The molecule has 2 amide bonds. The minimum absolute atomic E-state index is 0.0778. The number of carbonyl (C=O) groups is 2. The van der Waals surface area contributed by atoms with E-state index in [0.717, 1.165) is 10.9 Å². The zero-order chi connectivity index (χ0) is 20.2. The molecular weight excluding hydrogens is 358 g/mol. The van der Waals surface area contributed by atoms with Crippen LogP contribution < -0.4 is 11.1 Å². The van der Waals surface area contributed by atoms with Gasteiger partial charge < -0.3 is 15.5 Å². The molecule has 0 unspecified atom stereocenters. The van der Waals surface area contributed by atoms with E-state index < -0.39 is 20.3 Å². The van der Waals surface area contributed by atoms with E-state index >= 15 is 0 Å².